The minimum atomic E-state index is -0.175. The van der Waals surface area contributed by atoms with E-state index in [0.717, 1.165) is 18.8 Å². The van der Waals surface area contributed by atoms with Gasteiger partial charge in [-0.25, -0.2) is 4.79 Å². The van der Waals surface area contributed by atoms with Crippen molar-refractivity contribution in [3.8, 4) is 0 Å². The number of esters is 1. The fourth-order valence-electron chi connectivity index (χ4n) is 4.67. The van der Waals surface area contributed by atoms with Crippen molar-refractivity contribution >= 4 is 5.97 Å². The first-order chi connectivity index (χ1) is 9.29. The van der Waals surface area contributed by atoms with Gasteiger partial charge in [-0.15, -0.1) is 0 Å². The van der Waals surface area contributed by atoms with Gasteiger partial charge in [0.2, 0.25) is 0 Å². The Labute approximate surface area is 111 Å². The highest BCUT2D eigenvalue weighted by molar-refractivity contribution is 5.89. The Balaban J connectivity index is 1.30. The van der Waals surface area contributed by atoms with E-state index in [1.165, 1.54) is 6.42 Å². The zero-order valence-electron chi connectivity index (χ0n) is 10.6. The first kappa shape index (κ1) is 10.4. The zero-order chi connectivity index (χ0) is 12.6. The number of fused-ring (bicyclic) bond motifs is 2. The maximum Gasteiger partial charge on any atom is 0.338 e. The lowest BCUT2D eigenvalue weighted by molar-refractivity contribution is -0.00763. The van der Waals surface area contributed by atoms with Crippen molar-refractivity contribution in [2.75, 3.05) is 0 Å². The zero-order valence-corrected chi connectivity index (χ0v) is 10.6. The molecule has 0 N–H and O–H groups in total. The summed E-state index contributed by atoms with van der Waals surface area (Å²) < 4.78 is 11.4. The van der Waals surface area contributed by atoms with Gasteiger partial charge in [-0.05, 0) is 43.2 Å². The van der Waals surface area contributed by atoms with Crippen molar-refractivity contribution in [2.24, 2.45) is 17.3 Å². The molecule has 0 radical (unpaired) electrons. The lowest BCUT2D eigenvalue weighted by atomic mass is 9.63. The first-order valence-corrected chi connectivity index (χ1v) is 7.20. The van der Waals surface area contributed by atoms with E-state index in [-0.39, 0.29) is 12.1 Å². The monoisotopic (exact) mass is 256 g/mol. The molecule has 1 heterocycles. The predicted molar refractivity (Wildman–Crippen MR) is 67.6 cm³/mol. The molecule has 4 aliphatic rings. The van der Waals surface area contributed by atoms with Crippen LogP contribution in [0.2, 0.25) is 0 Å². The second-order valence-electron chi connectivity index (χ2n) is 6.51. The van der Waals surface area contributed by atoms with Crippen molar-refractivity contribution in [3.63, 3.8) is 0 Å². The molecule has 1 aromatic carbocycles. The SMILES string of the molecule is O=C(OC1CC2CC23C(C1)C1OC13)c1ccccc1. The van der Waals surface area contributed by atoms with E-state index in [0.29, 0.717) is 29.1 Å². The van der Waals surface area contributed by atoms with Crippen LogP contribution in [0.3, 0.4) is 0 Å². The van der Waals surface area contributed by atoms with Gasteiger partial charge < -0.3 is 9.47 Å². The molecule has 5 rings (SSSR count). The van der Waals surface area contributed by atoms with E-state index in [4.69, 9.17) is 9.47 Å². The van der Waals surface area contributed by atoms with E-state index >= 15 is 0 Å². The van der Waals surface area contributed by atoms with Crippen LogP contribution in [0.25, 0.3) is 0 Å². The molecule has 6 unspecified atom stereocenters. The van der Waals surface area contributed by atoms with Crippen LogP contribution in [0.4, 0.5) is 0 Å². The van der Waals surface area contributed by atoms with Gasteiger partial charge in [0.15, 0.2) is 0 Å². The highest BCUT2D eigenvalue weighted by Crippen LogP contribution is 2.80. The molecule has 98 valence electrons. The van der Waals surface area contributed by atoms with E-state index in [9.17, 15) is 4.79 Å². The van der Waals surface area contributed by atoms with Gasteiger partial charge in [-0.3, -0.25) is 0 Å². The molecule has 0 amide bonds. The number of carbonyl (C=O) groups is 1. The molecule has 3 saturated carbocycles. The molecule has 1 saturated heterocycles. The summed E-state index contributed by atoms with van der Waals surface area (Å²) in [7, 11) is 0. The topological polar surface area (TPSA) is 38.8 Å². The Morgan fingerprint density at radius 3 is 2.95 bits per heavy atom. The maximum atomic E-state index is 12.1. The molecule has 0 bridgehead atoms. The standard InChI is InChI=1S/C16H16O3/c17-15(9-4-2-1-3-5-9)18-11-6-10-8-16(10)12(7-11)13-14(16)19-13/h1-5,10-14H,6-8H2. The van der Waals surface area contributed by atoms with Crippen molar-refractivity contribution in [2.45, 2.75) is 37.6 Å². The van der Waals surface area contributed by atoms with E-state index < -0.39 is 0 Å². The summed E-state index contributed by atoms with van der Waals surface area (Å²) in [6, 6.07) is 9.29. The molecule has 6 atom stereocenters. The molecular formula is C16H16O3. The van der Waals surface area contributed by atoms with Crippen LogP contribution in [-0.4, -0.2) is 24.3 Å². The van der Waals surface area contributed by atoms with Crippen LogP contribution >= 0.6 is 0 Å². The summed E-state index contributed by atoms with van der Waals surface area (Å²) in [6.45, 7) is 0. The van der Waals surface area contributed by atoms with E-state index in [1.54, 1.807) is 0 Å². The lowest BCUT2D eigenvalue weighted by Crippen LogP contribution is -2.46. The van der Waals surface area contributed by atoms with E-state index in [1.807, 2.05) is 30.3 Å². The highest BCUT2D eigenvalue weighted by Gasteiger charge is 2.84. The molecule has 1 aliphatic heterocycles. The van der Waals surface area contributed by atoms with Crippen LogP contribution in [-0.2, 0) is 9.47 Å². The third-order valence-electron chi connectivity index (χ3n) is 5.69. The van der Waals surface area contributed by atoms with Crippen LogP contribution in [0, 0.1) is 17.3 Å². The molecule has 1 aromatic rings. The van der Waals surface area contributed by atoms with Gasteiger partial charge in [-0.1, -0.05) is 18.2 Å². The fourth-order valence-corrected chi connectivity index (χ4v) is 4.67. The third kappa shape index (κ3) is 1.24. The average molecular weight is 256 g/mol. The number of benzene rings is 1. The second-order valence-corrected chi connectivity index (χ2v) is 6.51. The molecule has 19 heavy (non-hydrogen) atoms. The number of rotatable bonds is 2. The van der Waals surface area contributed by atoms with Gasteiger partial charge in [0.05, 0.1) is 17.8 Å². The lowest BCUT2D eigenvalue weighted by Gasteiger charge is -2.40. The third-order valence-corrected chi connectivity index (χ3v) is 5.69. The van der Waals surface area contributed by atoms with Crippen molar-refractivity contribution < 1.29 is 14.3 Å². The minimum absolute atomic E-state index is 0.100. The minimum Gasteiger partial charge on any atom is -0.459 e. The number of carbonyl (C=O) groups excluding carboxylic acids is 1. The number of hydrogen-bond acceptors (Lipinski definition) is 3. The normalized spacial score (nSPS) is 48.1. The molecule has 3 aliphatic carbocycles. The fraction of sp³-hybridized carbons (Fsp3) is 0.562. The Morgan fingerprint density at radius 1 is 1.26 bits per heavy atom. The number of hydrogen-bond donors (Lipinski definition) is 0. The number of ether oxygens (including phenoxy) is 2. The summed E-state index contributed by atoms with van der Waals surface area (Å²) in [5, 5.41) is 0. The van der Waals surface area contributed by atoms with Gasteiger partial charge in [0, 0.05) is 5.41 Å². The summed E-state index contributed by atoms with van der Waals surface area (Å²) in [5.41, 5.74) is 1.18. The first-order valence-electron chi connectivity index (χ1n) is 7.20. The van der Waals surface area contributed by atoms with E-state index in [2.05, 4.69) is 0 Å². The van der Waals surface area contributed by atoms with Crippen molar-refractivity contribution in [3.05, 3.63) is 35.9 Å². The smallest absolute Gasteiger partial charge is 0.338 e. The average Bonchev–Trinajstić information content (AvgIpc) is 3.30. The van der Waals surface area contributed by atoms with Gasteiger partial charge in [0.1, 0.15) is 6.10 Å². The largest absolute Gasteiger partial charge is 0.459 e. The molecular weight excluding hydrogens is 240 g/mol. The summed E-state index contributed by atoms with van der Waals surface area (Å²) in [4.78, 5) is 12.1. The molecule has 3 heteroatoms. The Bertz CT molecular complexity index is 554. The number of epoxide rings is 1. The van der Waals surface area contributed by atoms with Gasteiger partial charge >= 0.3 is 5.97 Å². The summed E-state index contributed by atoms with van der Waals surface area (Å²) >= 11 is 0. The van der Waals surface area contributed by atoms with Crippen molar-refractivity contribution in [1.29, 1.82) is 0 Å². The van der Waals surface area contributed by atoms with Crippen LogP contribution < -0.4 is 0 Å². The van der Waals surface area contributed by atoms with Crippen LogP contribution in [0.1, 0.15) is 29.6 Å². The Hall–Kier alpha value is -1.35. The van der Waals surface area contributed by atoms with Gasteiger partial charge in [0.25, 0.3) is 0 Å². The van der Waals surface area contributed by atoms with Gasteiger partial charge in [-0.2, -0.15) is 0 Å². The Kier molecular flexibility index (Phi) is 1.76. The predicted octanol–water partition coefficient (Wildman–Crippen LogP) is 2.41. The molecule has 0 aromatic heterocycles. The van der Waals surface area contributed by atoms with Crippen LogP contribution in [0.5, 0.6) is 0 Å². The molecule has 4 fully saturated rings. The summed E-state index contributed by atoms with van der Waals surface area (Å²) in [5.74, 6) is 1.25. The quantitative estimate of drug-likeness (QED) is 0.602. The highest BCUT2D eigenvalue weighted by atomic mass is 16.6. The Morgan fingerprint density at radius 2 is 2.11 bits per heavy atom. The molecule has 1 spiro atoms. The van der Waals surface area contributed by atoms with Crippen LogP contribution in [0.15, 0.2) is 30.3 Å². The maximum absolute atomic E-state index is 12.1. The second kappa shape index (κ2) is 3.21. The molecule has 3 nitrogen and oxygen atoms in total. The van der Waals surface area contributed by atoms with Crippen molar-refractivity contribution in [1.82, 2.24) is 0 Å². The summed E-state index contributed by atoms with van der Waals surface area (Å²) in [6.07, 6.45) is 4.54.